The largest absolute Gasteiger partial charge is 0.384 e. The van der Waals surface area contributed by atoms with Crippen molar-refractivity contribution in [3.8, 4) is 17.2 Å². The van der Waals surface area contributed by atoms with E-state index in [-0.39, 0.29) is 5.41 Å². The first-order valence-corrected chi connectivity index (χ1v) is 11.4. The summed E-state index contributed by atoms with van der Waals surface area (Å²) < 4.78 is 15.6. The van der Waals surface area contributed by atoms with E-state index >= 15 is 4.39 Å². The van der Waals surface area contributed by atoms with Gasteiger partial charge in [0.15, 0.2) is 0 Å². The van der Waals surface area contributed by atoms with Gasteiger partial charge in [0.2, 0.25) is 0 Å². The van der Waals surface area contributed by atoms with Crippen LogP contribution in [-0.4, -0.2) is 17.5 Å². The van der Waals surface area contributed by atoms with E-state index in [1.165, 1.54) is 13.8 Å². The van der Waals surface area contributed by atoms with Gasteiger partial charge in [-0.25, -0.2) is 4.39 Å². The number of benzene rings is 2. The number of alkyl halides is 1. The van der Waals surface area contributed by atoms with Crippen molar-refractivity contribution in [2.45, 2.75) is 71.1 Å². The molecule has 2 aromatic carbocycles. The number of hydrogen-bond acceptors (Lipinski definition) is 4. The van der Waals surface area contributed by atoms with Gasteiger partial charge in [-0.3, -0.25) is 0 Å². The van der Waals surface area contributed by atoms with Crippen molar-refractivity contribution < 1.29 is 9.50 Å². The molecule has 0 spiro atoms. The van der Waals surface area contributed by atoms with E-state index in [0.717, 1.165) is 47.5 Å². The van der Waals surface area contributed by atoms with Crippen LogP contribution in [0.5, 0.6) is 0 Å². The van der Waals surface area contributed by atoms with Crippen LogP contribution in [0.2, 0.25) is 0 Å². The quantitative estimate of drug-likeness (QED) is 0.419. The lowest BCUT2D eigenvalue weighted by Crippen LogP contribution is -2.49. The minimum Gasteiger partial charge on any atom is -0.384 e. The zero-order chi connectivity index (χ0) is 24.8. The smallest absolute Gasteiger partial charge is 0.130 e. The maximum absolute atomic E-state index is 15.6. The highest BCUT2D eigenvalue weighted by atomic mass is 19.1. The summed E-state index contributed by atoms with van der Waals surface area (Å²) in [6.45, 7) is 10.4. The fourth-order valence-corrected chi connectivity index (χ4v) is 4.78. The van der Waals surface area contributed by atoms with Crippen LogP contribution in [0.3, 0.4) is 0 Å². The third-order valence-corrected chi connectivity index (χ3v) is 7.11. The third-order valence-electron chi connectivity index (χ3n) is 7.11. The van der Waals surface area contributed by atoms with E-state index in [2.05, 4.69) is 6.07 Å². The van der Waals surface area contributed by atoms with Crippen LogP contribution < -0.4 is 0 Å². The fourth-order valence-electron chi connectivity index (χ4n) is 4.78. The van der Waals surface area contributed by atoms with Crippen molar-refractivity contribution in [2.24, 2.45) is 11.3 Å². The molecule has 0 bridgehead atoms. The highest BCUT2D eigenvalue weighted by Crippen LogP contribution is 2.50. The number of aryl methyl sites for hydroxylation is 1. The molecule has 0 radical (unpaired) electrons. The molecule has 0 amide bonds. The molecule has 33 heavy (non-hydrogen) atoms. The minimum atomic E-state index is -1.76. The van der Waals surface area contributed by atoms with Gasteiger partial charge in [0.1, 0.15) is 11.3 Å². The van der Waals surface area contributed by atoms with E-state index in [4.69, 9.17) is 10.8 Å². The number of nitrogens with one attached hydrogen (secondary N) is 2. The van der Waals surface area contributed by atoms with Crippen LogP contribution in [0.15, 0.2) is 36.4 Å². The van der Waals surface area contributed by atoms with Crippen LogP contribution in [0.25, 0.3) is 11.1 Å². The van der Waals surface area contributed by atoms with Crippen LogP contribution in [0.4, 0.5) is 4.39 Å². The van der Waals surface area contributed by atoms with Gasteiger partial charge in [0.05, 0.1) is 17.4 Å². The topological polar surface area (TPSA) is 91.7 Å². The molecule has 0 aliphatic heterocycles. The monoisotopic (exact) mass is 447 g/mol. The Labute approximate surface area is 196 Å². The van der Waals surface area contributed by atoms with Gasteiger partial charge in [-0.05, 0) is 78.5 Å². The third kappa shape index (κ3) is 4.13. The molecule has 1 aliphatic rings. The first-order valence-electron chi connectivity index (χ1n) is 11.4. The second kappa shape index (κ2) is 8.18. The van der Waals surface area contributed by atoms with Crippen LogP contribution in [-0.2, 0) is 16.7 Å². The summed E-state index contributed by atoms with van der Waals surface area (Å²) in [5, 5.41) is 37.1. The molecule has 1 fully saturated rings. The Morgan fingerprint density at radius 1 is 1.03 bits per heavy atom. The van der Waals surface area contributed by atoms with Crippen molar-refractivity contribution in [2.75, 3.05) is 0 Å². The minimum absolute atomic E-state index is 0.338. The molecule has 1 aliphatic carbocycles. The van der Waals surface area contributed by atoms with Gasteiger partial charge in [-0.2, -0.15) is 5.26 Å². The number of halogens is 1. The Hall–Kier alpha value is -2.84. The summed E-state index contributed by atoms with van der Waals surface area (Å²) >= 11 is 0. The van der Waals surface area contributed by atoms with Gasteiger partial charge >= 0.3 is 0 Å². The lowest BCUT2D eigenvalue weighted by molar-refractivity contribution is -0.0757. The summed E-state index contributed by atoms with van der Waals surface area (Å²) in [6.07, 6.45) is 3.85. The molecule has 2 aromatic rings. The first kappa shape index (κ1) is 24.8. The van der Waals surface area contributed by atoms with E-state index in [1.807, 2.05) is 52.0 Å². The SMILES string of the molecule is Cc1cc(C2(C#N)CC2)ccc1-c1ccc(C(O)(C(C=N)C=N)C(C)(C)C)c(C(C)(C)F)c1. The predicted octanol–water partition coefficient (Wildman–Crippen LogP) is 6.57. The molecule has 174 valence electrons. The molecule has 1 atom stereocenters. The molecule has 0 saturated heterocycles. The van der Waals surface area contributed by atoms with Gasteiger partial charge in [0.25, 0.3) is 0 Å². The lowest BCUT2D eigenvalue weighted by Gasteiger charge is -2.45. The number of hydrogen-bond donors (Lipinski definition) is 3. The summed E-state index contributed by atoms with van der Waals surface area (Å²) in [7, 11) is 0. The summed E-state index contributed by atoms with van der Waals surface area (Å²) in [4.78, 5) is 0. The number of aliphatic hydroxyl groups is 1. The average Bonchev–Trinajstić information content (AvgIpc) is 3.54. The van der Waals surface area contributed by atoms with Crippen molar-refractivity contribution in [3.63, 3.8) is 0 Å². The zero-order valence-corrected chi connectivity index (χ0v) is 20.4. The Balaban J connectivity index is 2.21. The molecule has 0 heterocycles. The Kier molecular flexibility index (Phi) is 6.15. The normalized spacial score (nSPS) is 18.0. The average molecular weight is 448 g/mol. The number of nitrogens with zero attached hydrogens (tertiary/aromatic N) is 1. The number of nitriles is 1. The molecule has 4 nitrogen and oxygen atoms in total. The molecule has 0 aromatic heterocycles. The summed E-state index contributed by atoms with van der Waals surface area (Å²) in [5.74, 6) is -0.897. The summed E-state index contributed by atoms with van der Waals surface area (Å²) in [5.41, 5.74) is -0.00253. The maximum atomic E-state index is 15.6. The van der Waals surface area contributed by atoms with Crippen LogP contribution in [0, 0.1) is 40.4 Å². The van der Waals surface area contributed by atoms with Gasteiger partial charge < -0.3 is 15.9 Å². The molecule has 5 heteroatoms. The highest BCUT2D eigenvalue weighted by Gasteiger charge is 2.49. The van der Waals surface area contributed by atoms with Crippen molar-refractivity contribution in [1.82, 2.24) is 0 Å². The highest BCUT2D eigenvalue weighted by molar-refractivity contribution is 5.83. The van der Waals surface area contributed by atoms with Crippen LogP contribution >= 0.6 is 0 Å². The Bertz CT molecular complexity index is 1120. The van der Waals surface area contributed by atoms with Gasteiger partial charge in [-0.15, -0.1) is 0 Å². The van der Waals surface area contributed by atoms with Gasteiger partial charge in [0, 0.05) is 12.4 Å². The van der Waals surface area contributed by atoms with Crippen LogP contribution in [0.1, 0.15) is 69.7 Å². The first-order chi connectivity index (χ1) is 15.2. The lowest BCUT2D eigenvalue weighted by atomic mass is 9.63. The van der Waals surface area contributed by atoms with E-state index in [1.54, 1.807) is 12.1 Å². The molecule has 3 N–H and O–H groups in total. The number of rotatable bonds is 7. The molecule has 3 rings (SSSR count). The maximum Gasteiger partial charge on any atom is 0.130 e. The van der Waals surface area contributed by atoms with Crippen molar-refractivity contribution in [3.05, 3.63) is 58.7 Å². The van der Waals surface area contributed by atoms with E-state index in [9.17, 15) is 10.4 Å². The standard InChI is InChI=1S/C28H34FN3O/c1-18-13-20(27(17-32)11-12-27)8-9-22(18)19-7-10-23(24(14-19)26(5,6)29)28(33,25(2,3)4)21(15-30)16-31/h7-10,13-16,21,30-31,33H,11-12H2,1-6H3. The molecular weight excluding hydrogens is 413 g/mol. The van der Waals surface area contributed by atoms with E-state index < -0.39 is 22.6 Å². The molecular formula is C28H34FN3O. The second-order valence-corrected chi connectivity index (χ2v) is 10.8. The summed E-state index contributed by atoms with van der Waals surface area (Å²) in [6, 6.07) is 13.8. The van der Waals surface area contributed by atoms with Crippen molar-refractivity contribution >= 4 is 12.4 Å². The second-order valence-electron chi connectivity index (χ2n) is 10.8. The van der Waals surface area contributed by atoms with Crippen molar-refractivity contribution in [1.29, 1.82) is 16.1 Å². The Morgan fingerprint density at radius 3 is 2.06 bits per heavy atom. The predicted molar refractivity (Wildman–Crippen MR) is 132 cm³/mol. The van der Waals surface area contributed by atoms with E-state index in [0.29, 0.717) is 11.1 Å². The molecule has 1 unspecified atom stereocenters. The van der Waals surface area contributed by atoms with Gasteiger partial charge in [-0.1, -0.05) is 51.1 Å². The molecule has 1 saturated carbocycles. The zero-order valence-electron chi connectivity index (χ0n) is 20.4. The Morgan fingerprint density at radius 2 is 1.64 bits per heavy atom. The fraction of sp³-hybridized carbons (Fsp3) is 0.464.